The molecule has 0 N–H and O–H groups in total. The Kier molecular flexibility index (Phi) is 3.47. The maximum atomic E-state index is 14.1. The Labute approximate surface area is 111 Å². The van der Waals surface area contributed by atoms with Gasteiger partial charge in [0, 0.05) is 11.5 Å². The Morgan fingerprint density at radius 1 is 1.20 bits per heavy atom. The number of hydrogen-bond donors (Lipinski definition) is 0. The maximum Gasteiger partial charge on any atom is 0.416 e. The molecule has 1 aliphatic carbocycles. The van der Waals surface area contributed by atoms with Gasteiger partial charge in [-0.15, -0.1) is 0 Å². The Morgan fingerprint density at radius 3 is 2.35 bits per heavy atom. The highest BCUT2D eigenvalue weighted by atomic mass is 19.4. The second-order valence-corrected chi connectivity index (χ2v) is 4.67. The first kappa shape index (κ1) is 14.7. The molecule has 7 heteroatoms. The molecule has 2 atom stereocenters. The molecule has 0 aliphatic heterocycles. The molecule has 0 unspecified atom stereocenters. The van der Waals surface area contributed by atoms with E-state index in [0.717, 1.165) is 25.3 Å². The molecular weight excluding hydrogens is 283 g/mol. The fraction of sp³-hybridized carbons (Fsp3) is 0.462. The Balaban J connectivity index is 2.25. The predicted octanol–water partition coefficient (Wildman–Crippen LogP) is 3.61. The number of carbonyl (C=O) groups excluding carboxylic acids is 1. The zero-order valence-electron chi connectivity index (χ0n) is 10.4. The Bertz CT molecular complexity index is 524. The lowest BCUT2D eigenvalue weighted by atomic mass is 10.0. The molecule has 0 aromatic heterocycles. The summed E-state index contributed by atoms with van der Waals surface area (Å²) in [4.78, 5) is 11.2. The van der Waals surface area contributed by atoms with Crippen molar-refractivity contribution < 1.29 is 31.5 Å². The van der Waals surface area contributed by atoms with E-state index in [1.807, 2.05) is 0 Å². The van der Waals surface area contributed by atoms with E-state index >= 15 is 0 Å². The van der Waals surface area contributed by atoms with Crippen LogP contribution in [0.2, 0.25) is 0 Å². The topological polar surface area (TPSA) is 26.3 Å². The fourth-order valence-corrected chi connectivity index (χ4v) is 2.12. The van der Waals surface area contributed by atoms with E-state index < -0.39 is 41.0 Å². The molecule has 0 radical (unpaired) electrons. The van der Waals surface area contributed by atoms with Crippen LogP contribution in [0.25, 0.3) is 0 Å². The van der Waals surface area contributed by atoms with E-state index in [9.17, 15) is 26.7 Å². The van der Waals surface area contributed by atoms with Gasteiger partial charge in [-0.25, -0.2) is 8.78 Å². The van der Waals surface area contributed by atoms with E-state index in [4.69, 9.17) is 0 Å². The molecule has 0 heterocycles. The number of rotatable bonds is 3. The van der Waals surface area contributed by atoms with Crippen LogP contribution >= 0.6 is 0 Å². The third kappa shape index (κ3) is 2.62. The molecule has 0 bridgehead atoms. The summed E-state index contributed by atoms with van der Waals surface area (Å²) in [5, 5.41) is 0. The summed E-state index contributed by atoms with van der Waals surface area (Å²) in [6, 6.07) is 3.01. The number of carbonyl (C=O) groups is 1. The molecule has 1 saturated carbocycles. The van der Waals surface area contributed by atoms with Crippen LogP contribution in [0.15, 0.2) is 24.3 Å². The normalized spacial score (nSPS) is 22.5. The monoisotopic (exact) mass is 294 g/mol. The van der Waals surface area contributed by atoms with E-state index in [-0.39, 0.29) is 6.42 Å². The lowest BCUT2D eigenvalue weighted by Crippen LogP contribution is -2.21. The minimum absolute atomic E-state index is 0.0874. The maximum absolute atomic E-state index is 14.1. The molecule has 0 amide bonds. The molecule has 1 aliphatic rings. The first-order chi connectivity index (χ1) is 9.17. The van der Waals surface area contributed by atoms with Crippen molar-refractivity contribution in [1.29, 1.82) is 0 Å². The summed E-state index contributed by atoms with van der Waals surface area (Å²) in [7, 11) is 1.08. The van der Waals surface area contributed by atoms with E-state index in [0.29, 0.717) is 6.07 Å². The fourth-order valence-electron chi connectivity index (χ4n) is 2.12. The summed E-state index contributed by atoms with van der Waals surface area (Å²) < 4.78 is 70.1. The number of benzene rings is 1. The smallest absolute Gasteiger partial charge is 0.416 e. The van der Waals surface area contributed by atoms with Crippen molar-refractivity contribution in [3.05, 3.63) is 35.4 Å². The zero-order valence-corrected chi connectivity index (χ0v) is 10.4. The van der Waals surface area contributed by atoms with Gasteiger partial charge in [0.25, 0.3) is 5.92 Å². The highest BCUT2D eigenvalue weighted by molar-refractivity contribution is 5.75. The largest absolute Gasteiger partial charge is 0.469 e. The lowest BCUT2D eigenvalue weighted by molar-refractivity contribution is -0.144. The van der Waals surface area contributed by atoms with Crippen LogP contribution in [0, 0.1) is 11.8 Å². The zero-order chi connectivity index (χ0) is 15.1. The van der Waals surface area contributed by atoms with Gasteiger partial charge < -0.3 is 4.74 Å². The highest BCUT2D eigenvalue weighted by Crippen LogP contribution is 2.55. The van der Waals surface area contributed by atoms with Crippen molar-refractivity contribution in [2.24, 2.45) is 11.8 Å². The van der Waals surface area contributed by atoms with E-state index in [1.54, 1.807) is 0 Å². The summed E-state index contributed by atoms with van der Waals surface area (Å²) in [6.45, 7) is 0. The average Bonchev–Trinajstić information content (AvgIpc) is 3.18. The molecular formula is C13H11F5O2. The Hall–Kier alpha value is -1.66. The molecule has 110 valence electrons. The molecule has 1 aromatic rings. The standard InChI is InChI=1S/C13H11F5O2/c1-20-11(19)9-6-10(9)12(14,15)7-3-2-4-8(5-7)13(16,17)18/h2-5,9-10H,6H2,1H3/t9-,10+/m0/s1. The molecule has 2 rings (SSSR count). The predicted molar refractivity (Wildman–Crippen MR) is 59.0 cm³/mol. The van der Waals surface area contributed by atoms with Crippen molar-refractivity contribution >= 4 is 5.97 Å². The van der Waals surface area contributed by atoms with Crippen LogP contribution in [0.1, 0.15) is 17.5 Å². The van der Waals surface area contributed by atoms with Crippen LogP contribution < -0.4 is 0 Å². The number of hydrogen-bond acceptors (Lipinski definition) is 2. The minimum atomic E-state index is -4.68. The molecule has 0 spiro atoms. The molecule has 2 nitrogen and oxygen atoms in total. The van der Waals surface area contributed by atoms with Crippen LogP contribution in [-0.2, 0) is 21.6 Å². The van der Waals surface area contributed by atoms with Crippen molar-refractivity contribution in [3.8, 4) is 0 Å². The molecule has 0 saturated heterocycles. The van der Waals surface area contributed by atoms with Crippen LogP contribution in [0.3, 0.4) is 0 Å². The summed E-state index contributed by atoms with van der Waals surface area (Å²) in [5.74, 6) is -6.51. The molecule has 1 fully saturated rings. The number of halogens is 5. The van der Waals surface area contributed by atoms with Gasteiger partial charge in [0.1, 0.15) is 0 Å². The van der Waals surface area contributed by atoms with Gasteiger partial charge in [-0.1, -0.05) is 12.1 Å². The SMILES string of the molecule is COC(=O)[C@H]1C[C@H]1C(F)(F)c1cccc(C(F)(F)F)c1. The van der Waals surface area contributed by atoms with Crippen LogP contribution in [0.4, 0.5) is 22.0 Å². The Morgan fingerprint density at radius 2 is 1.80 bits per heavy atom. The van der Waals surface area contributed by atoms with Gasteiger partial charge in [-0.3, -0.25) is 4.79 Å². The van der Waals surface area contributed by atoms with Crippen molar-refractivity contribution in [1.82, 2.24) is 0 Å². The molecule has 1 aromatic carbocycles. The molecule has 20 heavy (non-hydrogen) atoms. The van der Waals surface area contributed by atoms with Crippen molar-refractivity contribution in [3.63, 3.8) is 0 Å². The average molecular weight is 294 g/mol. The van der Waals surface area contributed by atoms with E-state index in [1.165, 1.54) is 0 Å². The summed E-state index contributed by atoms with van der Waals surface area (Å²) in [5.41, 5.74) is -1.87. The van der Waals surface area contributed by atoms with Crippen molar-refractivity contribution in [2.75, 3.05) is 7.11 Å². The number of ether oxygens (including phenoxy) is 1. The number of alkyl halides is 5. The van der Waals surface area contributed by atoms with Gasteiger partial charge in [-0.2, -0.15) is 13.2 Å². The third-order valence-electron chi connectivity index (χ3n) is 3.33. The summed E-state index contributed by atoms with van der Waals surface area (Å²) in [6.07, 6.45) is -4.77. The second-order valence-electron chi connectivity index (χ2n) is 4.67. The van der Waals surface area contributed by atoms with Gasteiger partial charge >= 0.3 is 12.1 Å². The third-order valence-corrected chi connectivity index (χ3v) is 3.33. The van der Waals surface area contributed by atoms with Crippen molar-refractivity contribution in [2.45, 2.75) is 18.5 Å². The second kappa shape index (κ2) is 4.71. The summed E-state index contributed by atoms with van der Waals surface area (Å²) >= 11 is 0. The van der Waals surface area contributed by atoms with Gasteiger partial charge in [-0.05, 0) is 18.6 Å². The van der Waals surface area contributed by atoms with E-state index in [2.05, 4.69) is 4.74 Å². The number of methoxy groups -OCH3 is 1. The van der Waals surface area contributed by atoms with Crippen LogP contribution in [0.5, 0.6) is 0 Å². The highest BCUT2D eigenvalue weighted by Gasteiger charge is 2.59. The lowest BCUT2D eigenvalue weighted by Gasteiger charge is -2.18. The quantitative estimate of drug-likeness (QED) is 0.629. The van der Waals surface area contributed by atoms with Crippen LogP contribution in [-0.4, -0.2) is 13.1 Å². The first-order valence-corrected chi connectivity index (χ1v) is 5.81. The van der Waals surface area contributed by atoms with Gasteiger partial charge in [0.15, 0.2) is 0 Å². The minimum Gasteiger partial charge on any atom is -0.469 e. The van der Waals surface area contributed by atoms with Gasteiger partial charge in [0.2, 0.25) is 0 Å². The number of esters is 1. The first-order valence-electron chi connectivity index (χ1n) is 5.81. The van der Waals surface area contributed by atoms with Gasteiger partial charge in [0.05, 0.1) is 18.6 Å².